The first-order chi connectivity index (χ1) is 11.0. The summed E-state index contributed by atoms with van der Waals surface area (Å²) >= 11 is 1.66. The lowest BCUT2D eigenvalue weighted by Gasteiger charge is -2.09. The Kier molecular flexibility index (Phi) is 6.35. The van der Waals surface area contributed by atoms with Gasteiger partial charge in [0.1, 0.15) is 0 Å². The molecule has 0 spiro atoms. The number of rotatable bonds is 7. The first kappa shape index (κ1) is 17.2. The van der Waals surface area contributed by atoms with E-state index in [1.807, 2.05) is 31.4 Å². The van der Waals surface area contributed by atoms with E-state index in [-0.39, 0.29) is 11.8 Å². The number of carbonyl (C=O) groups excluding carboxylic acids is 2. The van der Waals surface area contributed by atoms with Crippen LogP contribution in [-0.4, -0.2) is 11.8 Å². The van der Waals surface area contributed by atoms with Crippen LogP contribution in [0.5, 0.6) is 0 Å². The van der Waals surface area contributed by atoms with Crippen LogP contribution in [0.15, 0.2) is 41.8 Å². The second kappa shape index (κ2) is 8.48. The zero-order chi connectivity index (χ0) is 16.7. The van der Waals surface area contributed by atoms with Crippen LogP contribution in [0.1, 0.15) is 31.6 Å². The van der Waals surface area contributed by atoms with E-state index in [0.717, 1.165) is 17.8 Å². The number of anilines is 2. The Labute approximate surface area is 140 Å². The van der Waals surface area contributed by atoms with E-state index < -0.39 is 0 Å². The Balaban J connectivity index is 1.80. The molecule has 0 aliphatic carbocycles. The molecule has 0 atom stereocenters. The van der Waals surface area contributed by atoms with Crippen LogP contribution < -0.4 is 10.6 Å². The lowest BCUT2D eigenvalue weighted by atomic mass is 10.1. The molecule has 5 heteroatoms. The first-order valence-corrected chi connectivity index (χ1v) is 8.63. The van der Waals surface area contributed by atoms with E-state index >= 15 is 0 Å². The van der Waals surface area contributed by atoms with E-state index in [2.05, 4.69) is 10.6 Å². The summed E-state index contributed by atoms with van der Waals surface area (Å²) in [5.41, 5.74) is 1.48. The summed E-state index contributed by atoms with van der Waals surface area (Å²) in [5, 5.41) is 7.73. The standard InChI is InChI=1S/C18H22N2O2S/c1-13(2)12-18(22)20-15-7-5-14(6-8-15)19-17(21)10-9-16-4-3-11-23-16/h3-8,11,13H,9-10,12H2,1-2H3,(H,19,21)(H,20,22). The fraction of sp³-hybridized carbons (Fsp3) is 0.333. The van der Waals surface area contributed by atoms with Gasteiger partial charge in [0.05, 0.1) is 0 Å². The monoisotopic (exact) mass is 330 g/mol. The molecule has 0 aliphatic rings. The molecule has 2 aromatic rings. The Morgan fingerprint density at radius 1 is 1.00 bits per heavy atom. The third-order valence-corrected chi connectivity index (χ3v) is 4.16. The van der Waals surface area contributed by atoms with Gasteiger partial charge < -0.3 is 10.6 Å². The molecule has 0 radical (unpaired) electrons. The van der Waals surface area contributed by atoms with Crippen molar-refractivity contribution in [3.05, 3.63) is 46.7 Å². The molecule has 2 N–H and O–H groups in total. The molecule has 1 aromatic heterocycles. The van der Waals surface area contributed by atoms with Crippen molar-refractivity contribution in [1.29, 1.82) is 0 Å². The maximum Gasteiger partial charge on any atom is 0.224 e. The normalized spacial score (nSPS) is 10.6. The summed E-state index contributed by atoms with van der Waals surface area (Å²) < 4.78 is 0. The number of thiophene rings is 1. The highest BCUT2D eigenvalue weighted by atomic mass is 32.1. The van der Waals surface area contributed by atoms with Gasteiger partial charge in [-0.3, -0.25) is 9.59 Å². The highest BCUT2D eigenvalue weighted by Crippen LogP contribution is 2.16. The first-order valence-electron chi connectivity index (χ1n) is 7.75. The number of aryl methyl sites for hydroxylation is 1. The van der Waals surface area contributed by atoms with Gasteiger partial charge in [-0.25, -0.2) is 0 Å². The summed E-state index contributed by atoms with van der Waals surface area (Å²) in [6.45, 7) is 4.02. The van der Waals surface area contributed by atoms with Crippen molar-refractivity contribution in [3.63, 3.8) is 0 Å². The molecule has 0 saturated heterocycles. The molecule has 0 saturated carbocycles. The maximum absolute atomic E-state index is 11.9. The smallest absolute Gasteiger partial charge is 0.224 e. The minimum atomic E-state index is -0.00464. The van der Waals surface area contributed by atoms with Crippen molar-refractivity contribution in [1.82, 2.24) is 0 Å². The fourth-order valence-electron chi connectivity index (χ4n) is 2.13. The molecule has 1 heterocycles. The molecule has 122 valence electrons. The van der Waals surface area contributed by atoms with Crippen molar-refractivity contribution < 1.29 is 9.59 Å². The van der Waals surface area contributed by atoms with Crippen LogP contribution in [0.3, 0.4) is 0 Å². The number of hydrogen-bond acceptors (Lipinski definition) is 3. The third kappa shape index (κ3) is 6.24. The van der Waals surface area contributed by atoms with Gasteiger partial charge in [0, 0.05) is 29.1 Å². The molecule has 4 nitrogen and oxygen atoms in total. The average Bonchev–Trinajstić information content (AvgIpc) is 3.00. The quantitative estimate of drug-likeness (QED) is 0.795. The Bertz CT molecular complexity index is 634. The molecule has 0 aliphatic heterocycles. The minimum Gasteiger partial charge on any atom is -0.326 e. The summed E-state index contributed by atoms with van der Waals surface area (Å²) in [6, 6.07) is 11.2. The van der Waals surface area contributed by atoms with Crippen LogP contribution in [0, 0.1) is 5.92 Å². The lowest BCUT2D eigenvalue weighted by Crippen LogP contribution is -2.14. The largest absolute Gasteiger partial charge is 0.326 e. The van der Waals surface area contributed by atoms with E-state index in [1.54, 1.807) is 35.6 Å². The van der Waals surface area contributed by atoms with Gasteiger partial charge in [0.2, 0.25) is 11.8 Å². The highest BCUT2D eigenvalue weighted by Gasteiger charge is 2.06. The van der Waals surface area contributed by atoms with Gasteiger partial charge in [-0.15, -0.1) is 11.3 Å². The Hall–Kier alpha value is -2.14. The topological polar surface area (TPSA) is 58.2 Å². The van der Waals surface area contributed by atoms with Gasteiger partial charge in [-0.05, 0) is 48.1 Å². The third-order valence-electron chi connectivity index (χ3n) is 3.22. The maximum atomic E-state index is 11.9. The molecule has 2 amide bonds. The zero-order valence-electron chi connectivity index (χ0n) is 13.5. The Morgan fingerprint density at radius 3 is 2.13 bits per heavy atom. The molecular formula is C18H22N2O2S. The van der Waals surface area contributed by atoms with Crippen molar-refractivity contribution >= 4 is 34.5 Å². The van der Waals surface area contributed by atoms with Crippen molar-refractivity contribution in [2.75, 3.05) is 10.6 Å². The number of hydrogen-bond donors (Lipinski definition) is 2. The number of amides is 2. The van der Waals surface area contributed by atoms with Crippen molar-refractivity contribution in [3.8, 4) is 0 Å². The predicted octanol–water partition coefficient (Wildman–Crippen LogP) is 4.30. The number of benzene rings is 1. The summed E-state index contributed by atoms with van der Waals surface area (Å²) in [6.07, 6.45) is 1.72. The van der Waals surface area contributed by atoms with Crippen molar-refractivity contribution in [2.24, 2.45) is 5.92 Å². The highest BCUT2D eigenvalue weighted by molar-refractivity contribution is 7.09. The van der Waals surface area contributed by atoms with E-state index in [0.29, 0.717) is 18.8 Å². The second-order valence-electron chi connectivity index (χ2n) is 5.85. The Morgan fingerprint density at radius 2 is 1.61 bits per heavy atom. The summed E-state index contributed by atoms with van der Waals surface area (Å²) in [4.78, 5) is 24.8. The number of carbonyl (C=O) groups is 2. The van der Waals surface area contributed by atoms with Crippen LogP contribution in [-0.2, 0) is 16.0 Å². The average molecular weight is 330 g/mol. The minimum absolute atomic E-state index is 0.00464. The lowest BCUT2D eigenvalue weighted by molar-refractivity contribution is -0.117. The van der Waals surface area contributed by atoms with Crippen LogP contribution in [0.25, 0.3) is 0 Å². The number of nitrogens with one attached hydrogen (secondary N) is 2. The fourth-order valence-corrected chi connectivity index (χ4v) is 2.84. The SMILES string of the molecule is CC(C)CC(=O)Nc1ccc(NC(=O)CCc2cccs2)cc1. The second-order valence-corrected chi connectivity index (χ2v) is 6.88. The van der Waals surface area contributed by atoms with Gasteiger partial charge in [-0.2, -0.15) is 0 Å². The molecular weight excluding hydrogens is 308 g/mol. The van der Waals surface area contributed by atoms with Crippen LogP contribution in [0.2, 0.25) is 0 Å². The molecule has 23 heavy (non-hydrogen) atoms. The predicted molar refractivity (Wildman–Crippen MR) is 95.8 cm³/mol. The molecule has 2 rings (SSSR count). The van der Waals surface area contributed by atoms with Gasteiger partial charge >= 0.3 is 0 Å². The molecule has 0 bridgehead atoms. The molecule has 0 unspecified atom stereocenters. The van der Waals surface area contributed by atoms with Gasteiger partial charge in [0.25, 0.3) is 0 Å². The zero-order valence-corrected chi connectivity index (χ0v) is 14.3. The van der Waals surface area contributed by atoms with Gasteiger partial charge in [-0.1, -0.05) is 19.9 Å². The van der Waals surface area contributed by atoms with E-state index in [9.17, 15) is 9.59 Å². The van der Waals surface area contributed by atoms with Crippen LogP contribution in [0.4, 0.5) is 11.4 Å². The molecule has 1 aromatic carbocycles. The van der Waals surface area contributed by atoms with E-state index in [1.165, 1.54) is 4.88 Å². The van der Waals surface area contributed by atoms with Crippen LogP contribution >= 0.6 is 11.3 Å². The van der Waals surface area contributed by atoms with Crippen molar-refractivity contribution in [2.45, 2.75) is 33.1 Å². The summed E-state index contributed by atoms with van der Waals surface area (Å²) in [5.74, 6) is 0.333. The molecule has 0 fully saturated rings. The summed E-state index contributed by atoms with van der Waals surface area (Å²) in [7, 11) is 0. The van der Waals surface area contributed by atoms with E-state index in [4.69, 9.17) is 0 Å². The van der Waals surface area contributed by atoms with Gasteiger partial charge in [0.15, 0.2) is 0 Å².